The standard InChI is InChI=1S/C20H16ClN3O2/c1-25-14-8-12(9-15(11-14)26-2)16-4-3-5-18(22-16)20-23-17-7-6-13(21)10-19(17)24-20/h3-11H,1-2H3,(H,23,24). The van der Waals surface area contributed by atoms with Crippen molar-refractivity contribution >= 4 is 22.6 Å². The van der Waals surface area contributed by atoms with E-state index in [0.29, 0.717) is 22.3 Å². The van der Waals surface area contributed by atoms with Crippen LogP contribution >= 0.6 is 11.6 Å². The lowest BCUT2D eigenvalue weighted by molar-refractivity contribution is 0.394. The lowest BCUT2D eigenvalue weighted by Crippen LogP contribution is -1.92. The van der Waals surface area contributed by atoms with Gasteiger partial charge in [-0.15, -0.1) is 0 Å². The summed E-state index contributed by atoms with van der Waals surface area (Å²) in [4.78, 5) is 12.6. The number of hydrogen-bond donors (Lipinski definition) is 1. The topological polar surface area (TPSA) is 60.0 Å². The number of nitrogens with zero attached hydrogens (tertiary/aromatic N) is 2. The number of methoxy groups -OCH3 is 2. The molecule has 0 bridgehead atoms. The van der Waals surface area contributed by atoms with Crippen LogP contribution in [0.2, 0.25) is 5.02 Å². The molecule has 1 N–H and O–H groups in total. The van der Waals surface area contributed by atoms with Crippen molar-refractivity contribution in [1.82, 2.24) is 15.0 Å². The number of aromatic nitrogens is 3. The number of nitrogens with one attached hydrogen (secondary N) is 1. The molecular formula is C20H16ClN3O2. The maximum Gasteiger partial charge on any atom is 0.157 e. The molecule has 2 heterocycles. The molecule has 26 heavy (non-hydrogen) atoms. The van der Waals surface area contributed by atoms with Crippen LogP contribution in [0.1, 0.15) is 0 Å². The fourth-order valence-electron chi connectivity index (χ4n) is 2.79. The zero-order valence-corrected chi connectivity index (χ0v) is 15.0. The summed E-state index contributed by atoms with van der Waals surface area (Å²) in [5, 5.41) is 0.665. The number of ether oxygens (including phenoxy) is 2. The van der Waals surface area contributed by atoms with Gasteiger partial charge in [0.05, 0.1) is 30.9 Å². The lowest BCUT2D eigenvalue weighted by Gasteiger charge is -2.08. The van der Waals surface area contributed by atoms with Gasteiger partial charge in [0.2, 0.25) is 0 Å². The Morgan fingerprint density at radius 2 is 1.58 bits per heavy atom. The second-order valence-corrected chi connectivity index (χ2v) is 6.19. The van der Waals surface area contributed by atoms with Gasteiger partial charge >= 0.3 is 0 Å². The highest BCUT2D eigenvalue weighted by molar-refractivity contribution is 6.31. The van der Waals surface area contributed by atoms with Crippen LogP contribution in [0.3, 0.4) is 0 Å². The Kier molecular flexibility index (Phi) is 4.22. The molecule has 0 saturated heterocycles. The smallest absolute Gasteiger partial charge is 0.157 e. The van der Waals surface area contributed by atoms with Gasteiger partial charge in [-0.25, -0.2) is 9.97 Å². The molecular weight excluding hydrogens is 350 g/mol. The molecule has 5 nitrogen and oxygen atoms in total. The summed E-state index contributed by atoms with van der Waals surface area (Å²) in [5.74, 6) is 2.12. The molecule has 2 aromatic carbocycles. The molecule has 0 saturated carbocycles. The summed E-state index contributed by atoms with van der Waals surface area (Å²) in [5.41, 5.74) is 4.18. The average molecular weight is 366 g/mol. The molecule has 0 aliphatic carbocycles. The number of benzene rings is 2. The normalized spacial score (nSPS) is 10.9. The van der Waals surface area contributed by atoms with Crippen LogP contribution < -0.4 is 9.47 Å². The van der Waals surface area contributed by atoms with Crippen molar-refractivity contribution in [3.63, 3.8) is 0 Å². The SMILES string of the molecule is COc1cc(OC)cc(-c2cccc(-c3nc4ccc(Cl)cc4[nH]3)n2)c1. The summed E-state index contributed by atoms with van der Waals surface area (Å²) in [6.45, 7) is 0. The zero-order valence-electron chi connectivity index (χ0n) is 14.3. The first-order chi connectivity index (χ1) is 12.7. The number of aromatic amines is 1. The van der Waals surface area contributed by atoms with Crippen molar-refractivity contribution < 1.29 is 9.47 Å². The third-order valence-corrected chi connectivity index (χ3v) is 4.32. The molecule has 6 heteroatoms. The minimum absolute atomic E-state index is 0.665. The third-order valence-electron chi connectivity index (χ3n) is 4.08. The van der Waals surface area contributed by atoms with Gasteiger partial charge in [0, 0.05) is 16.7 Å². The van der Waals surface area contributed by atoms with Crippen LogP contribution in [0.15, 0.2) is 54.6 Å². The molecule has 0 spiro atoms. The number of fused-ring (bicyclic) bond motifs is 1. The van der Waals surface area contributed by atoms with E-state index in [1.807, 2.05) is 54.6 Å². The highest BCUT2D eigenvalue weighted by atomic mass is 35.5. The van der Waals surface area contributed by atoms with E-state index in [4.69, 9.17) is 26.1 Å². The van der Waals surface area contributed by atoms with E-state index in [2.05, 4.69) is 9.97 Å². The van der Waals surface area contributed by atoms with Gasteiger partial charge in [0.15, 0.2) is 5.82 Å². The summed E-state index contributed by atoms with van der Waals surface area (Å²) in [7, 11) is 3.25. The molecule has 2 aromatic heterocycles. The van der Waals surface area contributed by atoms with Gasteiger partial charge in [-0.05, 0) is 42.5 Å². The van der Waals surface area contributed by atoms with Crippen LogP contribution in [0, 0.1) is 0 Å². The Bertz CT molecular complexity index is 1070. The maximum atomic E-state index is 6.05. The van der Waals surface area contributed by atoms with Crippen molar-refractivity contribution in [2.45, 2.75) is 0 Å². The molecule has 0 aliphatic rings. The van der Waals surface area contributed by atoms with Gasteiger partial charge in [-0.2, -0.15) is 0 Å². The average Bonchev–Trinajstić information content (AvgIpc) is 3.10. The Balaban J connectivity index is 1.79. The summed E-state index contributed by atoms with van der Waals surface area (Å²) in [6.07, 6.45) is 0. The number of halogens is 1. The third kappa shape index (κ3) is 3.09. The fourth-order valence-corrected chi connectivity index (χ4v) is 2.96. The molecule has 0 atom stereocenters. The fraction of sp³-hybridized carbons (Fsp3) is 0.100. The van der Waals surface area contributed by atoms with E-state index in [0.717, 1.165) is 28.0 Å². The quantitative estimate of drug-likeness (QED) is 0.555. The van der Waals surface area contributed by atoms with Gasteiger partial charge in [-0.3, -0.25) is 0 Å². The molecule has 4 aromatic rings. The minimum atomic E-state index is 0.665. The first kappa shape index (κ1) is 16.4. The van der Waals surface area contributed by atoms with E-state index in [-0.39, 0.29) is 0 Å². The van der Waals surface area contributed by atoms with Crippen molar-refractivity contribution in [3.05, 3.63) is 59.6 Å². The predicted octanol–water partition coefficient (Wildman–Crippen LogP) is 4.96. The molecule has 4 rings (SSSR count). The van der Waals surface area contributed by atoms with Crippen LogP contribution in [-0.4, -0.2) is 29.2 Å². The van der Waals surface area contributed by atoms with Gasteiger partial charge in [0.1, 0.15) is 17.2 Å². The highest BCUT2D eigenvalue weighted by Gasteiger charge is 2.10. The predicted molar refractivity (Wildman–Crippen MR) is 103 cm³/mol. The molecule has 0 radical (unpaired) electrons. The number of pyridine rings is 1. The molecule has 130 valence electrons. The van der Waals surface area contributed by atoms with Crippen molar-refractivity contribution in [2.24, 2.45) is 0 Å². The Labute approximate surface area is 155 Å². The summed E-state index contributed by atoms with van der Waals surface area (Å²) >= 11 is 6.05. The van der Waals surface area contributed by atoms with Crippen LogP contribution in [-0.2, 0) is 0 Å². The van der Waals surface area contributed by atoms with E-state index in [1.165, 1.54) is 0 Å². The number of rotatable bonds is 4. The Hall–Kier alpha value is -3.05. The Morgan fingerprint density at radius 3 is 2.31 bits per heavy atom. The van der Waals surface area contributed by atoms with Gasteiger partial charge in [-0.1, -0.05) is 17.7 Å². The molecule has 0 fully saturated rings. The van der Waals surface area contributed by atoms with E-state index in [9.17, 15) is 0 Å². The van der Waals surface area contributed by atoms with Crippen LogP contribution in [0.25, 0.3) is 33.8 Å². The number of H-pyrrole nitrogens is 1. The first-order valence-electron chi connectivity index (χ1n) is 8.02. The summed E-state index contributed by atoms with van der Waals surface area (Å²) < 4.78 is 10.7. The second-order valence-electron chi connectivity index (χ2n) is 5.76. The van der Waals surface area contributed by atoms with Crippen LogP contribution in [0.5, 0.6) is 11.5 Å². The zero-order chi connectivity index (χ0) is 18.1. The van der Waals surface area contributed by atoms with Crippen LogP contribution in [0.4, 0.5) is 0 Å². The van der Waals surface area contributed by atoms with E-state index >= 15 is 0 Å². The van der Waals surface area contributed by atoms with E-state index in [1.54, 1.807) is 14.2 Å². The Morgan fingerprint density at radius 1 is 0.846 bits per heavy atom. The first-order valence-corrected chi connectivity index (χ1v) is 8.40. The highest BCUT2D eigenvalue weighted by Crippen LogP contribution is 2.30. The molecule has 0 unspecified atom stereocenters. The molecule has 0 amide bonds. The van der Waals surface area contributed by atoms with Gasteiger partial charge in [0.25, 0.3) is 0 Å². The number of hydrogen-bond acceptors (Lipinski definition) is 4. The van der Waals surface area contributed by atoms with Crippen molar-refractivity contribution in [2.75, 3.05) is 14.2 Å². The largest absolute Gasteiger partial charge is 0.497 e. The van der Waals surface area contributed by atoms with Crippen molar-refractivity contribution in [3.8, 4) is 34.3 Å². The maximum absolute atomic E-state index is 6.05. The van der Waals surface area contributed by atoms with E-state index < -0.39 is 0 Å². The second kappa shape index (κ2) is 6.69. The minimum Gasteiger partial charge on any atom is -0.497 e. The summed E-state index contributed by atoms with van der Waals surface area (Å²) in [6, 6.07) is 17.0. The van der Waals surface area contributed by atoms with Crippen molar-refractivity contribution in [1.29, 1.82) is 0 Å². The van der Waals surface area contributed by atoms with Gasteiger partial charge < -0.3 is 14.5 Å². The lowest BCUT2D eigenvalue weighted by atomic mass is 10.1. The molecule has 0 aliphatic heterocycles. The number of imidazole rings is 1. The monoisotopic (exact) mass is 365 g/mol.